The van der Waals surface area contributed by atoms with Crippen LogP contribution in [0.5, 0.6) is 0 Å². The fourth-order valence-electron chi connectivity index (χ4n) is 2.41. The molecule has 1 saturated carbocycles. The molecule has 2 N–H and O–H groups in total. The van der Waals surface area contributed by atoms with Crippen molar-refractivity contribution in [2.45, 2.75) is 38.2 Å². The Labute approximate surface area is 108 Å². The van der Waals surface area contributed by atoms with Crippen LogP contribution in [0.3, 0.4) is 0 Å². The van der Waals surface area contributed by atoms with Crippen molar-refractivity contribution in [3.8, 4) is 6.07 Å². The SMILES string of the molecule is CC1CCC(O)(CNc2ccc(C#N)cc2)CC1. The fraction of sp³-hybridized carbons (Fsp3) is 0.533. The van der Waals surface area contributed by atoms with Gasteiger partial charge in [-0.05, 0) is 55.9 Å². The highest BCUT2D eigenvalue weighted by molar-refractivity contribution is 5.47. The van der Waals surface area contributed by atoms with E-state index in [9.17, 15) is 5.11 Å². The summed E-state index contributed by atoms with van der Waals surface area (Å²) >= 11 is 0. The van der Waals surface area contributed by atoms with E-state index in [0.717, 1.165) is 37.3 Å². The summed E-state index contributed by atoms with van der Waals surface area (Å²) in [5, 5.41) is 22.4. The quantitative estimate of drug-likeness (QED) is 0.859. The maximum absolute atomic E-state index is 10.4. The maximum Gasteiger partial charge on any atom is 0.0991 e. The number of nitrogens with zero attached hydrogens (tertiary/aromatic N) is 1. The normalized spacial score (nSPS) is 27.5. The van der Waals surface area contributed by atoms with Crippen LogP contribution in [-0.4, -0.2) is 17.3 Å². The van der Waals surface area contributed by atoms with Gasteiger partial charge in [-0.3, -0.25) is 0 Å². The summed E-state index contributed by atoms with van der Waals surface area (Å²) < 4.78 is 0. The maximum atomic E-state index is 10.4. The Bertz CT molecular complexity index is 425. The Balaban J connectivity index is 1.89. The van der Waals surface area contributed by atoms with Crippen LogP contribution in [0.2, 0.25) is 0 Å². The van der Waals surface area contributed by atoms with Gasteiger partial charge in [0.25, 0.3) is 0 Å². The predicted octanol–water partition coefficient (Wildman–Crippen LogP) is 2.91. The standard InChI is InChI=1S/C15H20N2O/c1-12-6-8-15(18,9-7-12)11-17-14-4-2-13(10-16)3-5-14/h2-5,12,17-18H,6-9,11H2,1H3. The number of hydrogen-bond donors (Lipinski definition) is 2. The number of nitrogens with one attached hydrogen (secondary N) is 1. The lowest BCUT2D eigenvalue weighted by Gasteiger charge is -2.35. The summed E-state index contributed by atoms with van der Waals surface area (Å²) in [4.78, 5) is 0. The molecule has 0 saturated heterocycles. The molecule has 2 rings (SSSR count). The molecule has 0 amide bonds. The number of aliphatic hydroxyl groups is 1. The van der Waals surface area contributed by atoms with Gasteiger partial charge in [0, 0.05) is 12.2 Å². The number of benzene rings is 1. The average molecular weight is 244 g/mol. The van der Waals surface area contributed by atoms with E-state index in [1.165, 1.54) is 0 Å². The minimum atomic E-state index is -0.569. The second-order valence-electron chi connectivity index (χ2n) is 5.45. The van der Waals surface area contributed by atoms with Crippen molar-refractivity contribution in [3.05, 3.63) is 29.8 Å². The lowest BCUT2D eigenvalue weighted by Crippen LogP contribution is -2.40. The van der Waals surface area contributed by atoms with Crippen LogP contribution in [0.1, 0.15) is 38.2 Å². The predicted molar refractivity (Wildman–Crippen MR) is 72.2 cm³/mol. The molecule has 0 unspecified atom stereocenters. The first-order chi connectivity index (χ1) is 8.61. The smallest absolute Gasteiger partial charge is 0.0991 e. The molecule has 0 aromatic heterocycles. The van der Waals surface area contributed by atoms with Crippen LogP contribution in [-0.2, 0) is 0 Å². The number of nitriles is 1. The summed E-state index contributed by atoms with van der Waals surface area (Å²) in [7, 11) is 0. The van der Waals surface area contributed by atoms with Crippen molar-refractivity contribution in [2.24, 2.45) is 5.92 Å². The molecule has 0 atom stereocenters. The van der Waals surface area contributed by atoms with Crippen molar-refractivity contribution in [3.63, 3.8) is 0 Å². The van der Waals surface area contributed by atoms with Gasteiger partial charge < -0.3 is 10.4 Å². The third-order valence-corrected chi connectivity index (χ3v) is 3.84. The monoisotopic (exact) mass is 244 g/mol. The average Bonchev–Trinajstić information content (AvgIpc) is 2.41. The number of hydrogen-bond acceptors (Lipinski definition) is 3. The van der Waals surface area contributed by atoms with Crippen LogP contribution in [0.15, 0.2) is 24.3 Å². The molecule has 3 heteroatoms. The molecule has 1 aromatic carbocycles. The molecule has 0 spiro atoms. The summed E-state index contributed by atoms with van der Waals surface area (Å²) in [5.41, 5.74) is 1.05. The van der Waals surface area contributed by atoms with E-state index < -0.39 is 5.60 Å². The lowest BCUT2D eigenvalue weighted by molar-refractivity contribution is 0.00501. The summed E-state index contributed by atoms with van der Waals surface area (Å²) in [6.45, 7) is 2.83. The first kappa shape index (κ1) is 12.9. The van der Waals surface area contributed by atoms with E-state index in [2.05, 4.69) is 18.3 Å². The zero-order valence-electron chi connectivity index (χ0n) is 10.8. The van der Waals surface area contributed by atoms with E-state index in [1.54, 1.807) is 12.1 Å². The molecule has 0 radical (unpaired) electrons. The molecule has 0 aliphatic heterocycles. The van der Waals surface area contributed by atoms with Gasteiger partial charge in [0.15, 0.2) is 0 Å². The lowest BCUT2D eigenvalue weighted by atomic mass is 9.79. The van der Waals surface area contributed by atoms with Crippen molar-refractivity contribution in [1.82, 2.24) is 0 Å². The molecule has 0 heterocycles. The minimum Gasteiger partial charge on any atom is -0.388 e. The third-order valence-electron chi connectivity index (χ3n) is 3.84. The van der Waals surface area contributed by atoms with Gasteiger partial charge in [-0.15, -0.1) is 0 Å². The topological polar surface area (TPSA) is 56.0 Å². The largest absolute Gasteiger partial charge is 0.388 e. The number of anilines is 1. The van der Waals surface area contributed by atoms with Gasteiger partial charge in [-0.1, -0.05) is 6.92 Å². The molecule has 1 aliphatic carbocycles. The highest BCUT2D eigenvalue weighted by Crippen LogP contribution is 2.31. The molecule has 1 fully saturated rings. The van der Waals surface area contributed by atoms with Crippen LogP contribution in [0, 0.1) is 17.2 Å². The van der Waals surface area contributed by atoms with Crippen LogP contribution >= 0.6 is 0 Å². The van der Waals surface area contributed by atoms with Gasteiger partial charge in [0.1, 0.15) is 0 Å². The van der Waals surface area contributed by atoms with Crippen LogP contribution in [0.25, 0.3) is 0 Å². The molecule has 0 bridgehead atoms. The van der Waals surface area contributed by atoms with Crippen LogP contribution in [0.4, 0.5) is 5.69 Å². The van der Waals surface area contributed by atoms with Gasteiger partial charge in [0.05, 0.1) is 17.2 Å². The van der Waals surface area contributed by atoms with Gasteiger partial charge >= 0.3 is 0 Å². The Morgan fingerprint density at radius 2 is 1.94 bits per heavy atom. The van der Waals surface area contributed by atoms with E-state index in [-0.39, 0.29) is 0 Å². The van der Waals surface area contributed by atoms with Crippen molar-refractivity contribution in [1.29, 1.82) is 5.26 Å². The van der Waals surface area contributed by atoms with Gasteiger partial charge in [-0.25, -0.2) is 0 Å². The second kappa shape index (κ2) is 5.41. The molecule has 1 aliphatic rings. The molecule has 96 valence electrons. The van der Waals surface area contributed by atoms with Crippen molar-refractivity contribution in [2.75, 3.05) is 11.9 Å². The summed E-state index contributed by atoms with van der Waals surface area (Å²) in [6, 6.07) is 9.43. The minimum absolute atomic E-state index is 0.569. The zero-order valence-corrected chi connectivity index (χ0v) is 10.8. The Morgan fingerprint density at radius 1 is 1.33 bits per heavy atom. The highest BCUT2D eigenvalue weighted by Gasteiger charge is 2.31. The Hall–Kier alpha value is -1.53. The fourth-order valence-corrected chi connectivity index (χ4v) is 2.41. The van der Waals surface area contributed by atoms with Crippen molar-refractivity contribution < 1.29 is 5.11 Å². The Kier molecular flexibility index (Phi) is 3.88. The first-order valence-electron chi connectivity index (χ1n) is 6.58. The Morgan fingerprint density at radius 3 is 2.50 bits per heavy atom. The van der Waals surface area contributed by atoms with Crippen molar-refractivity contribution >= 4 is 5.69 Å². The molecular formula is C15H20N2O. The van der Waals surface area contributed by atoms with Gasteiger partial charge in [-0.2, -0.15) is 5.26 Å². The number of rotatable bonds is 3. The molecule has 3 nitrogen and oxygen atoms in total. The van der Waals surface area contributed by atoms with Crippen LogP contribution < -0.4 is 5.32 Å². The van der Waals surface area contributed by atoms with Gasteiger partial charge in [0.2, 0.25) is 0 Å². The molecular weight excluding hydrogens is 224 g/mol. The molecule has 1 aromatic rings. The second-order valence-corrected chi connectivity index (χ2v) is 5.45. The van der Waals surface area contributed by atoms with E-state index in [1.807, 2.05) is 12.1 Å². The first-order valence-corrected chi connectivity index (χ1v) is 6.58. The highest BCUT2D eigenvalue weighted by atomic mass is 16.3. The zero-order chi connectivity index (χ0) is 13.0. The summed E-state index contributed by atoms with van der Waals surface area (Å²) in [6.07, 6.45) is 3.95. The third kappa shape index (κ3) is 3.24. The molecule has 18 heavy (non-hydrogen) atoms. The summed E-state index contributed by atoms with van der Waals surface area (Å²) in [5.74, 6) is 0.736. The van der Waals surface area contributed by atoms with E-state index >= 15 is 0 Å². The van der Waals surface area contributed by atoms with E-state index in [0.29, 0.717) is 12.1 Å². The van der Waals surface area contributed by atoms with E-state index in [4.69, 9.17) is 5.26 Å².